The van der Waals surface area contributed by atoms with Gasteiger partial charge in [-0.3, -0.25) is 0 Å². The number of urea groups is 1. The zero-order chi connectivity index (χ0) is 13.5. The van der Waals surface area contributed by atoms with Crippen molar-refractivity contribution < 1.29 is 9.90 Å². The highest BCUT2D eigenvalue weighted by molar-refractivity contribution is 7.09. The molecule has 0 saturated heterocycles. The molecule has 0 fully saturated rings. The highest BCUT2D eigenvalue weighted by Crippen LogP contribution is 2.18. The van der Waals surface area contributed by atoms with Gasteiger partial charge in [0.2, 0.25) is 0 Å². The fourth-order valence-corrected chi connectivity index (χ4v) is 2.26. The van der Waals surface area contributed by atoms with Crippen LogP contribution in [0.15, 0.2) is 11.6 Å². The molecule has 2 atom stereocenters. The summed E-state index contributed by atoms with van der Waals surface area (Å²) in [6.45, 7) is 4.27. The Labute approximate surface area is 112 Å². The number of aliphatic hydroxyl groups excluding tert-OH is 1. The normalized spacial score (nSPS) is 14.0. The van der Waals surface area contributed by atoms with E-state index in [4.69, 9.17) is 0 Å². The van der Waals surface area contributed by atoms with Crippen LogP contribution in [0.3, 0.4) is 0 Å². The van der Waals surface area contributed by atoms with E-state index in [1.807, 2.05) is 12.3 Å². The van der Waals surface area contributed by atoms with E-state index in [2.05, 4.69) is 10.3 Å². The summed E-state index contributed by atoms with van der Waals surface area (Å²) in [5.74, 6) is 0. The maximum absolute atomic E-state index is 11.9. The van der Waals surface area contributed by atoms with Crippen molar-refractivity contribution in [1.82, 2.24) is 15.2 Å². The third-order valence-corrected chi connectivity index (χ3v) is 3.57. The molecular weight excluding hydrogens is 250 g/mol. The maximum atomic E-state index is 11.9. The van der Waals surface area contributed by atoms with Crippen LogP contribution in [0.4, 0.5) is 4.79 Å². The van der Waals surface area contributed by atoms with Crippen molar-refractivity contribution in [3.05, 3.63) is 16.6 Å². The van der Waals surface area contributed by atoms with Gasteiger partial charge in [0, 0.05) is 25.2 Å². The first-order valence-corrected chi connectivity index (χ1v) is 7.01. The molecule has 1 aromatic rings. The number of aliphatic hydroxyl groups is 1. The first kappa shape index (κ1) is 14.9. The Morgan fingerprint density at radius 1 is 1.67 bits per heavy atom. The lowest BCUT2D eigenvalue weighted by Gasteiger charge is -2.22. The number of nitrogens with zero attached hydrogens (tertiary/aromatic N) is 2. The molecule has 0 radical (unpaired) electrons. The average molecular weight is 271 g/mol. The fraction of sp³-hybridized carbons (Fsp3) is 0.667. The number of nitrogens with one attached hydrogen (secondary N) is 1. The minimum Gasteiger partial charge on any atom is -0.393 e. The molecule has 0 saturated carbocycles. The van der Waals surface area contributed by atoms with Gasteiger partial charge in [0.1, 0.15) is 5.01 Å². The second-order valence-corrected chi connectivity index (χ2v) is 5.27. The van der Waals surface area contributed by atoms with Crippen molar-refractivity contribution in [1.29, 1.82) is 0 Å². The number of carbonyl (C=O) groups excluding carboxylic acids is 1. The van der Waals surface area contributed by atoms with E-state index in [1.54, 1.807) is 36.4 Å². The summed E-state index contributed by atoms with van der Waals surface area (Å²) < 4.78 is 0. The number of carbonyl (C=O) groups is 1. The van der Waals surface area contributed by atoms with Crippen molar-refractivity contribution in [3.63, 3.8) is 0 Å². The van der Waals surface area contributed by atoms with Gasteiger partial charge in [0.25, 0.3) is 0 Å². The lowest BCUT2D eigenvalue weighted by atomic mass is 10.2. The highest BCUT2D eigenvalue weighted by Gasteiger charge is 2.17. The Kier molecular flexibility index (Phi) is 6.07. The SMILES string of the molecule is CCC(NC(=O)N(C)CCC(C)O)c1nccs1. The fourth-order valence-electron chi connectivity index (χ4n) is 1.49. The Morgan fingerprint density at radius 2 is 2.39 bits per heavy atom. The Balaban J connectivity index is 2.47. The van der Waals surface area contributed by atoms with Crippen molar-refractivity contribution >= 4 is 17.4 Å². The first-order valence-electron chi connectivity index (χ1n) is 6.13. The third-order valence-electron chi connectivity index (χ3n) is 2.68. The van der Waals surface area contributed by atoms with E-state index in [0.717, 1.165) is 11.4 Å². The van der Waals surface area contributed by atoms with Gasteiger partial charge in [0.05, 0.1) is 12.1 Å². The van der Waals surface area contributed by atoms with Gasteiger partial charge >= 0.3 is 6.03 Å². The Hall–Kier alpha value is -1.14. The molecule has 0 spiro atoms. The minimum absolute atomic E-state index is 0.0356. The van der Waals surface area contributed by atoms with Crippen LogP contribution in [0.2, 0.25) is 0 Å². The number of rotatable bonds is 6. The molecule has 1 rings (SSSR count). The Morgan fingerprint density at radius 3 is 2.89 bits per heavy atom. The largest absolute Gasteiger partial charge is 0.393 e. The standard InChI is InChI=1S/C12H21N3O2S/c1-4-10(11-13-6-8-18-11)14-12(17)15(3)7-5-9(2)16/h6,8-10,16H,4-5,7H2,1-3H3,(H,14,17). The average Bonchev–Trinajstić information content (AvgIpc) is 2.86. The zero-order valence-electron chi connectivity index (χ0n) is 11.1. The van der Waals surface area contributed by atoms with Gasteiger partial charge in [0.15, 0.2) is 0 Å². The number of hydrogen-bond acceptors (Lipinski definition) is 4. The van der Waals surface area contributed by atoms with Crippen LogP contribution in [0.5, 0.6) is 0 Å². The molecule has 102 valence electrons. The lowest BCUT2D eigenvalue weighted by Crippen LogP contribution is -2.40. The predicted octanol–water partition coefficient (Wildman–Crippen LogP) is 2.01. The van der Waals surface area contributed by atoms with E-state index >= 15 is 0 Å². The smallest absolute Gasteiger partial charge is 0.317 e. The van der Waals surface area contributed by atoms with Gasteiger partial charge in [-0.05, 0) is 19.8 Å². The van der Waals surface area contributed by atoms with Gasteiger partial charge in [-0.1, -0.05) is 6.92 Å². The van der Waals surface area contributed by atoms with E-state index in [0.29, 0.717) is 13.0 Å². The molecule has 0 aliphatic carbocycles. The summed E-state index contributed by atoms with van der Waals surface area (Å²) in [6.07, 6.45) is 2.74. The third kappa shape index (κ3) is 4.62. The summed E-state index contributed by atoms with van der Waals surface area (Å²) in [5, 5.41) is 15.0. The topological polar surface area (TPSA) is 65.5 Å². The summed E-state index contributed by atoms with van der Waals surface area (Å²) in [4.78, 5) is 17.7. The van der Waals surface area contributed by atoms with Crippen LogP contribution in [0.1, 0.15) is 37.7 Å². The zero-order valence-corrected chi connectivity index (χ0v) is 11.9. The summed E-state index contributed by atoms with van der Waals surface area (Å²) in [6, 6.07) is -0.163. The number of amides is 2. The van der Waals surface area contributed by atoms with Gasteiger partial charge < -0.3 is 15.3 Å². The van der Waals surface area contributed by atoms with E-state index in [1.165, 1.54) is 0 Å². The van der Waals surface area contributed by atoms with Crippen molar-refractivity contribution in [2.24, 2.45) is 0 Å². The molecule has 5 nitrogen and oxygen atoms in total. The van der Waals surface area contributed by atoms with E-state index < -0.39 is 0 Å². The van der Waals surface area contributed by atoms with Gasteiger partial charge in [-0.15, -0.1) is 11.3 Å². The van der Waals surface area contributed by atoms with Crippen LogP contribution < -0.4 is 5.32 Å². The molecule has 2 amide bonds. The maximum Gasteiger partial charge on any atom is 0.317 e. The number of thiazole rings is 1. The summed E-state index contributed by atoms with van der Waals surface area (Å²) in [5.41, 5.74) is 0. The predicted molar refractivity (Wildman–Crippen MR) is 72.6 cm³/mol. The number of aromatic nitrogens is 1. The molecule has 0 aliphatic heterocycles. The van der Waals surface area contributed by atoms with Crippen LogP contribution in [-0.2, 0) is 0 Å². The second kappa shape index (κ2) is 7.33. The van der Waals surface area contributed by atoms with Crippen LogP contribution in [-0.4, -0.2) is 40.7 Å². The molecular formula is C12H21N3O2S. The second-order valence-electron chi connectivity index (χ2n) is 4.34. The first-order chi connectivity index (χ1) is 8.54. The number of hydrogen-bond donors (Lipinski definition) is 2. The summed E-state index contributed by atoms with van der Waals surface area (Å²) in [7, 11) is 1.73. The minimum atomic E-state index is -0.388. The van der Waals surface area contributed by atoms with Crippen LogP contribution in [0, 0.1) is 0 Å². The molecule has 2 N–H and O–H groups in total. The monoisotopic (exact) mass is 271 g/mol. The molecule has 0 aromatic carbocycles. The molecule has 0 aliphatic rings. The van der Waals surface area contributed by atoms with Crippen molar-refractivity contribution in [3.8, 4) is 0 Å². The molecule has 1 heterocycles. The van der Waals surface area contributed by atoms with Crippen molar-refractivity contribution in [2.75, 3.05) is 13.6 Å². The van der Waals surface area contributed by atoms with Crippen LogP contribution in [0.25, 0.3) is 0 Å². The van der Waals surface area contributed by atoms with Gasteiger partial charge in [-0.25, -0.2) is 9.78 Å². The van der Waals surface area contributed by atoms with E-state index in [-0.39, 0.29) is 18.2 Å². The molecule has 2 unspecified atom stereocenters. The van der Waals surface area contributed by atoms with Crippen molar-refractivity contribution in [2.45, 2.75) is 38.8 Å². The Bertz CT molecular complexity index is 354. The summed E-state index contributed by atoms with van der Waals surface area (Å²) >= 11 is 1.54. The molecule has 1 aromatic heterocycles. The molecule has 18 heavy (non-hydrogen) atoms. The van der Waals surface area contributed by atoms with E-state index in [9.17, 15) is 9.90 Å². The lowest BCUT2D eigenvalue weighted by molar-refractivity contribution is 0.162. The molecule has 0 bridgehead atoms. The van der Waals surface area contributed by atoms with Gasteiger partial charge in [-0.2, -0.15) is 0 Å². The molecule has 6 heteroatoms. The highest BCUT2D eigenvalue weighted by atomic mass is 32.1. The quantitative estimate of drug-likeness (QED) is 0.831. The van der Waals surface area contributed by atoms with Crippen LogP contribution >= 0.6 is 11.3 Å².